The maximum Gasteiger partial charge on any atom is 0.258 e. The quantitative estimate of drug-likeness (QED) is 0.802. The number of hydrogen-bond donors (Lipinski definition) is 0. The van der Waals surface area contributed by atoms with Gasteiger partial charge in [-0.1, -0.05) is 6.58 Å². The van der Waals surface area contributed by atoms with Crippen LogP contribution in [0.4, 0.5) is 8.78 Å². The number of benzene rings is 1. The molecular formula is C15H10F2N2O2S. The summed E-state index contributed by atoms with van der Waals surface area (Å²) in [7, 11) is 0. The van der Waals surface area contributed by atoms with Crippen LogP contribution in [-0.4, -0.2) is 29.8 Å². The Balaban J connectivity index is 1.83. The number of thiophene rings is 1. The summed E-state index contributed by atoms with van der Waals surface area (Å²) in [6, 6.07) is 4.33. The van der Waals surface area contributed by atoms with Crippen LogP contribution in [0.5, 0.6) is 0 Å². The maximum atomic E-state index is 13.6. The first kappa shape index (κ1) is 14.5. The fourth-order valence-corrected chi connectivity index (χ4v) is 2.99. The van der Waals surface area contributed by atoms with Crippen LogP contribution < -0.4 is 9.20 Å². The monoisotopic (exact) mass is 320 g/mol. The smallest absolute Gasteiger partial charge is 0.258 e. The first-order chi connectivity index (χ1) is 10.5. The van der Waals surface area contributed by atoms with Gasteiger partial charge in [-0.25, -0.2) is 8.78 Å². The molecule has 1 aromatic heterocycles. The number of hydrogen-bond acceptors (Lipinski definition) is 4. The molecule has 112 valence electrons. The number of fused-ring (bicyclic) bond motifs is 1. The molecule has 0 unspecified atom stereocenters. The van der Waals surface area contributed by atoms with Gasteiger partial charge in [0.1, 0.15) is 23.0 Å². The Morgan fingerprint density at radius 3 is 2.86 bits per heavy atom. The van der Waals surface area contributed by atoms with E-state index in [-0.39, 0.29) is 24.7 Å². The largest absolute Gasteiger partial charge is 0.311 e. The Labute approximate surface area is 128 Å². The number of Topliss-reactive ketones (excluding diaryl/α,β-unsaturated/α-hetero) is 1. The van der Waals surface area contributed by atoms with Crippen LogP contribution in [0.25, 0.3) is 6.58 Å². The Kier molecular flexibility index (Phi) is 3.58. The molecule has 1 aromatic carbocycles. The second kappa shape index (κ2) is 5.42. The lowest BCUT2D eigenvalue weighted by molar-refractivity contribution is 0.0700. The molecule has 1 amide bonds. The average Bonchev–Trinajstić information content (AvgIpc) is 2.83. The summed E-state index contributed by atoms with van der Waals surface area (Å²) in [6.07, 6.45) is 0. The van der Waals surface area contributed by atoms with Crippen LogP contribution in [0.3, 0.4) is 0 Å². The fourth-order valence-electron chi connectivity index (χ4n) is 2.18. The predicted molar refractivity (Wildman–Crippen MR) is 77.2 cm³/mol. The number of amides is 1. The van der Waals surface area contributed by atoms with Crippen molar-refractivity contribution in [1.82, 2.24) is 4.90 Å². The normalized spacial score (nSPS) is 13.7. The second-order valence-electron chi connectivity index (χ2n) is 4.78. The third-order valence-corrected chi connectivity index (χ3v) is 4.15. The van der Waals surface area contributed by atoms with Crippen molar-refractivity contribution in [1.29, 1.82) is 0 Å². The van der Waals surface area contributed by atoms with Crippen LogP contribution in [0.2, 0.25) is 0 Å². The summed E-state index contributed by atoms with van der Waals surface area (Å²) in [5, 5.41) is 0. The molecule has 3 rings (SSSR count). The molecule has 0 atom stereocenters. The van der Waals surface area contributed by atoms with Crippen molar-refractivity contribution >= 4 is 29.6 Å². The van der Waals surface area contributed by atoms with Crippen molar-refractivity contribution in [3.8, 4) is 0 Å². The third-order valence-electron chi connectivity index (χ3n) is 3.23. The molecule has 0 N–H and O–H groups in total. The molecule has 7 heteroatoms. The molecule has 0 aliphatic carbocycles. The van der Waals surface area contributed by atoms with E-state index in [9.17, 15) is 18.4 Å². The Hall–Kier alpha value is -2.41. The van der Waals surface area contributed by atoms with E-state index in [0.29, 0.717) is 20.8 Å². The Bertz CT molecular complexity index is 891. The summed E-state index contributed by atoms with van der Waals surface area (Å²) < 4.78 is 27.8. The fraction of sp³-hybridized carbons (Fsp3) is 0.133. The molecule has 0 saturated carbocycles. The number of halogens is 2. The van der Waals surface area contributed by atoms with Gasteiger partial charge < -0.3 is 4.90 Å². The molecule has 4 nitrogen and oxygen atoms in total. The molecule has 22 heavy (non-hydrogen) atoms. The highest BCUT2D eigenvalue weighted by atomic mass is 32.1. The van der Waals surface area contributed by atoms with Crippen molar-refractivity contribution in [2.75, 3.05) is 13.2 Å². The molecule has 2 aromatic rings. The first-order valence-electron chi connectivity index (χ1n) is 6.36. The van der Waals surface area contributed by atoms with Crippen LogP contribution in [0.15, 0.2) is 29.3 Å². The molecule has 1 aliphatic heterocycles. The van der Waals surface area contributed by atoms with Gasteiger partial charge >= 0.3 is 0 Å². The minimum atomic E-state index is -0.942. The average molecular weight is 320 g/mol. The topological polar surface area (TPSA) is 49.7 Å². The van der Waals surface area contributed by atoms with E-state index in [2.05, 4.69) is 11.6 Å². The van der Waals surface area contributed by atoms with Crippen molar-refractivity contribution in [3.05, 3.63) is 56.2 Å². The van der Waals surface area contributed by atoms with E-state index >= 15 is 0 Å². The minimum absolute atomic E-state index is 0.0281. The van der Waals surface area contributed by atoms with Crippen LogP contribution in [-0.2, 0) is 0 Å². The van der Waals surface area contributed by atoms with Gasteiger partial charge in [0.05, 0.1) is 17.7 Å². The van der Waals surface area contributed by atoms with Crippen molar-refractivity contribution in [2.45, 2.75) is 0 Å². The van der Waals surface area contributed by atoms with Crippen LogP contribution in [0, 0.1) is 11.6 Å². The molecular weight excluding hydrogens is 310 g/mol. The lowest BCUT2D eigenvalue weighted by atomic mass is 10.1. The zero-order chi connectivity index (χ0) is 15.9. The van der Waals surface area contributed by atoms with Gasteiger partial charge in [0.2, 0.25) is 0 Å². The van der Waals surface area contributed by atoms with Crippen LogP contribution >= 0.6 is 11.3 Å². The number of carbonyl (C=O) groups is 2. The molecule has 0 fully saturated rings. The summed E-state index contributed by atoms with van der Waals surface area (Å²) in [5.74, 6) is -2.65. The van der Waals surface area contributed by atoms with Crippen molar-refractivity contribution in [2.24, 2.45) is 4.99 Å². The summed E-state index contributed by atoms with van der Waals surface area (Å²) >= 11 is 1.30. The first-order valence-corrected chi connectivity index (χ1v) is 7.18. The highest BCUT2D eigenvalue weighted by Gasteiger charge is 2.25. The Morgan fingerprint density at radius 1 is 1.36 bits per heavy atom. The molecule has 0 saturated heterocycles. The third kappa shape index (κ3) is 2.55. The van der Waals surface area contributed by atoms with E-state index < -0.39 is 17.4 Å². The highest BCUT2D eigenvalue weighted by molar-refractivity contribution is 7.07. The minimum Gasteiger partial charge on any atom is -0.311 e. The molecule has 1 aliphatic rings. The van der Waals surface area contributed by atoms with Gasteiger partial charge in [-0.2, -0.15) is 0 Å². The van der Waals surface area contributed by atoms with Gasteiger partial charge in [0.25, 0.3) is 5.91 Å². The zero-order valence-electron chi connectivity index (χ0n) is 11.3. The van der Waals surface area contributed by atoms with Gasteiger partial charge in [-0.15, -0.1) is 11.3 Å². The molecule has 0 bridgehead atoms. The van der Waals surface area contributed by atoms with Crippen molar-refractivity contribution in [3.63, 3.8) is 0 Å². The van der Waals surface area contributed by atoms with Gasteiger partial charge in [0, 0.05) is 10.6 Å². The zero-order valence-corrected chi connectivity index (χ0v) is 12.1. The summed E-state index contributed by atoms with van der Waals surface area (Å²) in [4.78, 5) is 29.8. The van der Waals surface area contributed by atoms with E-state index in [0.717, 1.165) is 12.1 Å². The van der Waals surface area contributed by atoms with Gasteiger partial charge in [-0.05, 0) is 18.2 Å². The SMILES string of the molecule is C=c1cc2c(s1)=NCN(CC(=O)c1ccc(F)cc1F)C2=O. The number of rotatable bonds is 3. The number of carbonyl (C=O) groups excluding carboxylic acids is 2. The molecule has 0 radical (unpaired) electrons. The van der Waals surface area contributed by atoms with E-state index in [1.54, 1.807) is 6.07 Å². The summed E-state index contributed by atoms with van der Waals surface area (Å²) in [6.45, 7) is 3.46. The second-order valence-corrected chi connectivity index (χ2v) is 5.90. The standard InChI is InChI=1S/C15H10F2N2O2S/c1-8-4-11-14(22-8)18-7-19(15(11)21)6-13(20)10-3-2-9(16)5-12(10)17/h2-5H,1,6-7H2. The van der Waals surface area contributed by atoms with E-state index in [4.69, 9.17) is 0 Å². The predicted octanol–water partition coefficient (Wildman–Crippen LogP) is 1.35. The molecule has 2 heterocycles. The number of nitrogens with zero attached hydrogens (tertiary/aromatic N) is 2. The van der Waals surface area contributed by atoms with Gasteiger partial charge in [-0.3, -0.25) is 14.6 Å². The highest BCUT2D eigenvalue weighted by Crippen LogP contribution is 2.13. The molecule has 0 spiro atoms. The van der Waals surface area contributed by atoms with Gasteiger partial charge in [0.15, 0.2) is 5.78 Å². The van der Waals surface area contributed by atoms with Crippen LogP contribution in [0.1, 0.15) is 20.7 Å². The van der Waals surface area contributed by atoms with E-state index in [1.807, 2.05) is 0 Å². The lowest BCUT2D eigenvalue weighted by Crippen LogP contribution is -2.41. The summed E-state index contributed by atoms with van der Waals surface area (Å²) in [5.41, 5.74) is 0.150. The maximum absolute atomic E-state index is 13.6. The Morgan fingerprint density at radius 2 is 2.14 bits per heavy atom. The number of ketones is 1. The lowest BCUT2D eigenvalue weighted by Gasteiger charge is -2.22. The van der Waals surface area contributed by atoms with E-state index in [1.165, 1.54) is 16.2 Å². The van der Waals surface area contributed by atoms with Crippen molar-refractivity contribution < 1.29 is 18.4 Å².